The Morgan fingerprint density at radius 3 is 2.65 bits per heavy atom. The Balaban J connectivity index is 1.42. The average molecular weight is 540 g/mol. The van der Waals surface area contributed by atoms with Gasteiger partial charge in [0.25, 0.3) is 0 Å². The standard InChI is InChI=1S/C28H36F3NO4S/c1-25-9-8-18(33)11-21(25)22(30)12-20-19-10-16-14-32(17-6-4-3-5-7-17)36-28(16,24(35)37-15-29)26(19,2)13-23(34)27(20,25)31/h8-9,11,16-17,19-20,22-23,34H,3-7,10,12-15H2,1-2H3/t16-,19-,20-,22-,23-,25-,26-,27-,28-/m0/s1. The Labute approximate surface area is 220 Å². The number of hydroxylamine groups is 2. The second kappa shape index (κ2) is 8.67. The van der Waals surface area contributed by atoms with Gasteiger partial charge in [-0.15, -0.1) is 0 Å². The van der Waals surface area contributed by atoms with Gasteiger partial charge in [0.05, 0.1) is 6.10 Å². The van der Waals surface area contributed by atoms with Crippen molar-refractivity contribution in [1.29, 1.82) is 0 Å². The Morgan fingerprint density at radius 2 is 1.95 bits per heavy atom. The maximum atomic E-state index is 17.4. The van der Waals surface area contributed by atoms with Crippen molar-refractivity contribution in [1.82, 2.24) is 5.06 Å². The van der Waals surface area contributed by atoms with Crippen molar-refractivity contribution in [3.8, 4) is 0 Å². The lowest BCUT2D eigenvalue weighted by molar-refractivity contribution is -0.274. The van der Waals surface area contributed by atoms with Crippen LogP contribution < -0.4 is 0 Å². The zero-order valence-electron chi connectivity index (χ0n) is 21.4. The van der Waals surface area contributed by atoms with Crippen molar-refractivity contribution in [2.45, 2.75) is 94.8 Å². The summed E-state index contributed by atoms with van der Waals surface area (Å²) in [6, 6.07) is -0.714. The molecular formula is C28H36F3NO4S. The first kappa shape index (κ1) is 26.1. The number of thioether (sulfide) groups is 1. The van der Waals surface area contributed by atoms with Gasteiger partial charge in [-0.2, -0.15) is 5.06 Å². The van der Waals surface area contributed by atoms with Gasteiger partial charge in [-0.1, -0.05) is 44.0 Å². The summed E-state index contributed by atoms with van der Waals surface area (Å²) < 4.78 is 46.7. The van der Waals surface area contributed by atoms with E-state index in [0.717, 1.165) is 25.7 Å². The number of fused-ring (bicyclic) bond motifs is 7. The van der Waals surface area contributed by atoms with E-state index >= 15 is 8.78 Å². The van der Waals surface area contributed by atoms with E-state index in [-0.39, 0.29) is 36.2 Å². The summed E-state index contributed by atoms with van der Waals surface area (Å²) in [6.45, 7) is 3.93. The first-order valence-electron chi connectivity index (χ1n) is 13.7. The van der Waals surface area contributed by atoms with E-state index in [4.69, 9.17) is 4.84 Å². The Bertz CT molecular complexity index is 1060. The summed E-state index contributed by atoms with van der Waals surface area (Å²) in [6.07, 6.45) is 6.32. The molecule has 0 aromatic heterocycles. The fraction of sp³-hybridized carbons (Fsp3) is 0.786. The molecule has 1 aliphatic heterocycles. The van der Waals surface area contributed by atoms with Crippen molar-refractivity contribution in [3.05, 3.63) is 23.8 Å². The molecule has 9 atom stereocenters. The highest BCUT2D eigenvalue weighted by Gasteiger charge is 2.79. The topological polar surface area (TPSA) is 66.8 Å². The molecule has 0 aromatic carbocycles. The van der Waals surface area contributed by atoms with Gasteiger partial charge in [0, 0.05) is 35.3 Å². The largest absolute Gasteiger partial charge is 0.390 e. The zero-order valence-corrected chi connectivity index (χ0v) is 22.2. The van der Waals surface area contributed by atoms with Gasteiger partial charge in [0.1, 0.15) is 12.2 Å². The van der Waals surface area contributed by atoms with Crippen LogP contribution in [0.3, 0.4) is 0 Å². The Morgan fingerprint density at radius 1 is 1.22 bits per heavy atom. The van der Waals surface area contributed by atoms with Crippen LogP contribution in [-0.2, 0) is 14.4 Å². The van der Waals surface area contributed by atoms with E-state index in [2.05, 4.69) is 0 Å². The highest BCUT2D eigenvalue weighted by molar-refractivity contribution is 8.13. The summed E-state index contributed by atoms with van der Waals surface area (Å²) in [4.78, 5) is 32.4. The fourth-order valence-corrected chi connectivity index (χ4v) is 10.1. The molecule has 1 heterocycles. The molecule has 1 N–H and O–H groups in total. The van der Waals surface area contributed by atoms with Gasteiger partial charge in [0.2, 0.25) is 5.12 Å². The van der Waals surface area contributed by atoms with E-state index in [1.54, 1.807) is 6.92 Å². The first-order chi connectivity index (χ1) is 17.5. The van der Waals surface area contributed by atoms with Gasteiger partial charge in [0.15, 0.2) is 17.1 Å². The van der Waals surface area contributed by atoms with Crippen LogP contribution in [0.2, 0.25) is 0 Å². The van der Waals surface area contributed by atoms with Crippen LogP contribution in [0.25, 0.3) is 0 Å². The van der Waals surface area contributed by atoms with Crippen LogP contribution in [0.1, 0.15) is 65.2 Å². The van der Waals surface area contributed by atoms with E-state index in [1.807, 2.05) is 12.0 Å². The zero-order chi connectivity index (χ0) is 26.4. The smallest absolute Gasteiger partial charge is 0.226 e. The third kappa shape index (κ3) is 3.23. The summed E-state index contributed by atoms with van der Waals surface area (Å²) in [5, 5.41) is 13.1. The molecule has 4 saturated carbocycles. The molecule has 0 bridgehead atoms. The number of alkyl halides is 3. The van der Waals surface area contributed by atoms with Crippen LogP contribution in [0.15, 0.2) is 23.8 Å². The van der Waals surface area contributed by atoms with Gasteiger partial charge in [-0.25, -0.2) is 13.2 Å². The lowest BCUT2D eigenvalue weighted by atomic mass is 9.44. The number of hydrogen-bond acceptors (Lipinski definition) is 6. The first-order valence-corrected chi connectivity index (χ1v) is 14.7. The van der Waals surface area contributed by atoms with E-state index in [1.165, 1.54) is 24.6 Å². The average Bonchev–Trinajstić information content (AvgIpc) is 3.37. The minimum Gasteiger partial charge on any atom is -0.390 e. The number of aliphatic hydroxyl groups is 1. The molecule has 0 aromatic rings. The van der Waals surface area contributed by atoms with Gasteiger partial charge in [-0.3, -0.25) is 14.4 Å². The van der Waals surface area contributed by atoms with Gasteiger partial charge in [-0.05, 0) is 62.7 Å². The van der Waals surface area contributed by atoms with Crippen molar-refractivity contribution < 1.29 is 32.7 Å². The van der Waals surface area contributed by atoms with Crippen molar-refractivity contribution >= 4 is 22.7 Å². The molecule has 0 amide bonds. The molecule has 6 aliphatic rings. The number of rotatable bonds is 3. The van der Waals surface area contributed by atoms with Crippen molar-refractivity contribution in [3.63, 3.8) is 0 Å². The molecule has 5 aliphatic carbocycles. The van der Waals surface area contributed by atoms with Crippen LogP contribution in [0.4, 0.5) is 13.2 Å². The highest BCUT2D eigenvalue weighted by Crippen LogP contribution is 2.73. The monoisotopic (exact) mass is 539 g/mol. The molecule has 0 radical (unpaired) electrons. The minimum atomic E-state index is -2.21. The Kier molecular flexibility index (Phi) is 6.11. The molecule has 204 valence electrons. The quantitative estimate of drug-likeness (QED) is 0.542. The second-order valence-corrected chi connectivity index (χ2v) is 13.4. The maximum Gasteiger partial charge on any atom is 0.226 e. The fourth-order valence-electron chi connectivity index (χ4n) is 9.36. The molecule has 0 unspecified atom stereocenters. The highest BCUT2D eigenvalue weighted by atomic mass is 32.2. The van der Waals surface area contributed by atoms with Gasteiger partial charge >= 0.3 is 0 Å². The van der Waals surface area contributed by atoms with Gasteiger partial charge < -0.3 is 5.11 Å². The molecule has 1 saturated heterocycles. The number of allylic oxidation sites excluding steroid dienone is 4. The van der Waals surface area contributed by atoms with Crippen molar-refractivity contribution in [2.24, 2.45) is 28.6 Å². The summed E-state index contributed by atoms with van der Waals surface area (Å²) in [7, 11) is 0. The Hall–Kier alpha value is -1.16. The summed E-state index contributed by atoms with van der Waals surface area (Å²) >= 11 is 0.582. The number of nitrogens with zero attached hydrogens (tertiary/aromatic N) is 1. The molecule has 37 heavy (non-hydrogen) atoms. The van der Waals surface area contributed by atoms with Crippen LogP contribution >= 0.6 is 11.8 Å². The molecule has 5 fully saturated rings. The third-order valence-electron chi connectivity index (χ3n) is 11.1. The number of halogens is 3. The lowest BCUT2D eigenvalue weighted by Gasteiger charge is -2.63. The molecule has 9 heteroatoms. The molecular weight excluding hydrogens is 503 g/mol. The number of aliphatic hydroxyl groups excluding tert-OH is 1. The summed E-state index contributed by atoms with van der Waals surface area (Å²) in [5.74, 6) is -2.00. The summed E-state index contributed by atoms with van der Waals surface area (Å²) in [5.41, 5.74) is -5.98. The molecule has 5 nitrogen and oxygen atoms in total. The minimum absolute atomic E-state index is 0.0557. The number of carbonyl (C=O) groups excluding carboxylic acids is 2. The number of ketones is 1. The normalized spacial score (nSPS) is 49.7. The number of hydrogen-bond donors (Lipinski definition) is 1. The van der Waals surface area contributed by atoms with Crippen LogP contribution in [0.5, 0.6) is 0 Å². The predicted octanol–water partition coefficient (Wildman–Crippen LogP) is 5.04. The van der Waals surface area contributed by atoms with Crippen LogP contribution in [0, 0.1) is 28.6 Å². The van der Waals surface area contributed by atoms with E-state index in [9.17, 15) is 19.1 Å². The molecule has 0 spiro atoms. The number of carbonyl (C=O) groups is 2. The van der Waals surface area contributed by atoms with Crippen molar-refractivity contribution in [2.75, 3.05) is 12.6 Å². The van der Waals surface area contributed by atoms with E-state index in [0.29, 0.717) is 24.7 Å². The van der Waals surface area contributed by atoms with E-state index < -0.39 is 57.3 Å². The third-order valence-corrected chi connectivity index (χ3v) is 11.8. The van der Waals surface area contributed by atoms with Crippen LogP contribution in [-0.4, -0.2) is 63.2 Å². The predicted molar refractivity (Wildman–Crippen MR) is 133 cm³/mol. The SMILES string of the molecule is C[C@]12C=CC(=O)C=C1[C@@H](F)C[C@H]1[C@@H]3C[C@H]4CN(C5CCCCC5)O[C@@]4(C(=O)SCF)[C@@]3(C)C[C@H](O)[C@@]12F. The lowest BCUT2D eigenvalue weighted by Crippen LogP contribution is -2.70. The molecule has 6 rings (SSSR count). The second-order valence-electron chi connectivity index (χ2n) is 12.6. The maximum absolute atomic E-state index is 17.4.